The fourth-order valence-corrected chi connectivity index (χ4v) is 15.9. The maximum absolute atomic E-state index is 15.6. The summed E-state index contributed by atoms with van der Waals surface area (Å²) in [5.41, 5.74) is 13.7. The van der Waals surface area contributed by atoms with Crippen molar-refractivity contribution in [3.05, 3.63) is 90.3 Å². The van der Waals surface area contributed by atoms with Crippen LogP contribution in [-0.4, -0.2) is 350 Å². The predicted molar refractivity (Wildman–Crippen MR) is 501 cm³/mol. The van der Waals surface area contributed by atoms with Crippen LogP contribution in [0.4, 0.5) is 4.79 Å². The van der Waals surface area contributed by atoms with Crippen molar-refractivity contribution in [2.45, 2.75) is 185 Å². The van der Waals surface area contributed by atoms with Crippen molar-refractivity contribution >= 4 is 144 Å². The van der Waals surface area contributed by atoms with Crippen LogP contribution in [0.1, 0.15) is 110 Å². The van der Waals surface area contributed by atoms with Gasteiger partial charge in [0.2, 0.25) is 76.8 Å². The van der Waals surface area contributed by atoms with Crippen molar-refractivity contribution in [3.63, 3.8) is 0 Å². The molecule has 48 nitrogen and oxygen atoms in total. The standard InChI is InChI=1S/C88H132N20O28S2/c1-51(2)39-65-84(124)106-75(52(3)4)87(127)108(47-57-44-94-62-16-11-9-14-60(57)62)88(128)105-70(86(126)107-76(54(6)109)77(90)117)49-138-137-48-69(104-83(123)68(42-74(115)116)99-71(111)20-23-129-25-27-131-29-31-133-33-35-135-37-38-136-36-34-134-32-30-132-28-26-130-24-22-92-55(7)110)85(125)97-53(5)78(118)101-66(40-56-43-93-61-15-10-8-13-59(56)61)81(121)103-67(41-58-45-91-50-96-58)82(122)100-63(17-12-21-89)79(119)95-46-72(112)98-64(80(120)102-65)18-19-73(113)114/h8-11,13-16,43-45,50-54,63-70,75-76,93-94,109H,12,17-42,46-49,89H2,1-7H3,(H2,90,117)(H,91,96)(H,92,110)(H,95,119)(H,97,125)(H,98,112)(H,99,111)(H,100,122)(H,101,118)(H,102,120)(H,103,121)(H,104,123)(H,105,128)(H,106,124)(H,107,126)(H,113,114)(H,115,116). The van der Waals surface area contributed by atoms with Gasteiger partial charge in [-0.15, -0.1) is 0 Å². The molecule has 2 aromatic carbocycles. The Hall–Kier alpha value is -12.0. The molecule has 4 heterocycles. The minimum atomic E-state index is -1.92. The van der Waals surface area contributed by atoms with Crippen LogP contribution in [-0.2, 0) is 134 Å². The number of hydrogen-bond donors (Lipinski definition) is 21. The number of carboxylic acid groups (broad SMARTS) is 2. The van der Waals surface area contributed by atoms with E-state index in [2.05, 4.69) is 89.1 Å². The molecule has 16 amide bonds. The van der Waals surface area contributed by atoms with Crippen LogP contribution in [0.5, 0.6) is 0 Å². The summed E-state index contributed by atoms with van der Waals surface area (Å²) in [5.74, 6) is -19.7. The lowest BCUT2D eigenvalue weighted by atomic mass is 9.99. The van der Waals surface area contributed by atoms with E-state index in [4.69, 9.17) is 49.4 Å². The van der Waals surface area contributed by atoms with Gasteiger partial charge in [0.25, 0.3) is 5.91 Å². The summed E-state index contributed by atoms with van der Waals surface area (Å²) in [6.07, 6.45) is 0.429. The third-order valence-corrected chi connectivity index (χ3v) is 23.3. The number of aromatic amines is 3. The number of urea groups is 1. The third-order valence-electron chi connectivity index (χ3n) is 20.8. The van der Waals surface area contributed by atoms with Gasteiger partial charge >= 0.3 is 18.0 Å². The number of aliphatic hydroxyl groups excluding tert-OH is 1. The maximum Gasteiger partial charge on any atom is 0.325 e. The number of carbonyl (C=O) groups is 17. The Morgan fingerprint density at radius 1 is 0.558 bits per heavy atom. The van der Waals surface area contributed by atoms with E-state index in [-0.39, 0.29) is 96.5 Å². The SMILES string of the molecule is CC(=O)NCCOCCOCCOCCOCCOCCOCCOCCOCCC(=O)NC(CC(=O)O)C(=O)NC1CSSCC(C(=O)NC(C(N)=O)C(C)O)NC(=O)N(Cc2c[nH]c3ccccc23)C(=O)C(C(C)C)NC(=O)C(CC(C)C)NC(=O)C(CCC(=O)O)NC(=O)CNC(=O)C(CCCN)NC(=O)C(Cc2c[nH]cn2)NC(=O)C(Cc2c[nH]c3ccccc23)NC(=O)C(C)NC1=O. The van der Waals surface area contributed by atoms with Crippen LogP contribution in [0.15, 0.2) is 73.4 Å². The van der Waals surface area contributed by atoms with Crippen molar-refractivity contribution in [2.75, 3.05) is 137 Å². The zero-order valence-corrected chi connectivity index (χ0v) is 80.0. The Morgan fingerprint density at radius 3 is 1.61 bits per heavy atom. The highest BCUT2D eigenvalue weighted by atomic mass is 33.1. The van der Waals surface area contributed by atoms with Crippen LogP contribution >= 0.6 is 21.6 Å². The van der Waals surface area contributed by atoms with Gasteiger partial charge < -0.3 is 149 Å². The molecule has 0 saturated carbocycles. The Balaban J connectivity index is 1.29. The highest BCUT2D eigenvalue weighted by Gasteiger charge is 2.40. The van der Waals surface area contributed by atoms with E-state index in [0.717, 1.165) is 6.92 Å². The van der Waals surface area contributed by atoms with Gasteiger partial charge in [-0.1, -0.05) is 85.7 Å². The van der Waals surface area contributed by atoms with E-state index in [1.807, 2.05) is 0 Å². The van der Waals surface area contributed by atoms with Gasteiger partial charge in [0.05, 0.1) is 143 Å². The fraction of sp³-hybridized carbons (Fsp3) is 0.591. The molecule has 764 valence electrons. The normalized spacial score (nSPS) is 20.0. The lowest BCUT2D eigenvalue weighted by molar-refractivity contribution is -0.141. The van der Waals surface area contributed by atoms with Crippen molar-refractivity contribution in [3.8, 4) is 0 Å². The molecule has 0 bridgehead atoms. The van der Waals surface area contributed by atoms with Crippen molar-refractivity contribution in [2.24, 2.45) is 23.3 Å². The number of benzene rings is 2. The van der Waals surface area contributed by atoms with E-state index in [1.165, 1.54) is 46.4 Å². The molecular weight excluding hydrogens is 1850 g/mol. The number of carbonyl (C=O) groups excluding carboxylic acids is 15. The number of aliphatic hydroxyl groups is 1. The second-order valence-corrected chi connectivity index (χ2v) is 35.3. The van der Waals surface area contributed by atoms with Crippen molar-refractivity contribution < 1.29 is 135 Å². The quantitative estimate of drug-likeness (QED) is 0.0136. The number of hydrogen-bond acceptors (Lipinski definition) is 30. The average molecular weight is 1980 g/mol. The molecule has 1 fully saturated rings. The van der Waals surface area contributed by atoms with Crippen molar-refractivity contribution in [1.29, 1.82) is 0 Å². The molecule has 23 N–H and O–H groups in total. The lowest BCUT2D eigenvalue weighted by Gasteiger charge is -2.32. The molecule has 1 aliphatic rings. The number of ether oxygens (including phenoxy) is 8. The Kier molecular flexibility index (Phi) is 52.2. The summed E-state index contributed by atoms with van der Waals surface area (Å²) >= 11 is 0. The van der Waals surface area contributed by atoms with E-state index in [0.29, 0.717) is 125 Å². The Labute approximate surface area is 804 Å². The molecule has 0 radical (unpaired) electrons. The summed E-state index contributed by atoms with van der Waals surface area (Å²) in [6.45, 7) is 13.1. The number of aliphatic carboxylic acids is 2. The van der Waals surface area contributed by atoms with E-state index in [1.54, 1.807) is 68.6 Å². The molecule has 6 rings (SSSR count). The molecule has 12 unspecified atom stereocenters. The van der Waals surface area contributed by atoms with Crippen LogP contribution < -0.4 is 80.6 Å². The number of aromatic nitrogens is 4. The number of primary amides is 1. The molecule has 3 aromatic heterocycles. The molecule has 50 heteroatoms. The largest absolute Gasteiger partial charge is 0.481 e. The molecule has 5 aromatic rings. The summed E-state index contributed by atoms with van der Waals surface area (Å²) < 4.78 is 44.0. The first kappa shape index (κ1) is 115. The average Bonchev–Trinajstić information content (AvgIpc) is 1.59. The van der Waals surface area contributed by atoms with Gasteiger partial charge in [0.15, 0.2) is 0 Å². The molecule has 138 heavy (non-hydrogen) atoms. The monoisotopic (exact) mass is 1980 g/mol. The van der Waals surface area contributed by atoms with Crippen LogP contribution in [0.2, 0.25) is 0 Å². The number of nitrogens with one attached hydrogen (secondary N) is 16. The number of para-hydroxylation sites is 2. The molecular formula is C88H132N20O28S2. The molecule has 0 spiro atoms. The predicted octanol–water partition coefficient (Wildman–Crippen LogP) is -3.05. The summed E-state index contributed by atoms with van der Waals surface area (Å²) in [5, 5.41) is 64.6. The first-order chi connectivity index (χ1) is 66.0. The van der Waals surface area contributed by atoms with Gasteiger partial charge in [0.1, 0.15) is 66.5 Å². The van der Waals surface area contributed by atoms with Gasteiger partial charge in [0, 0.05) is 91.1 Å². The third kappa shape index (κ3) is 42.6. The molecule has 1 saturated heterocycles. The Bertz CT molecular complexity index is 4760. The van der Waals surface area contributed by atoms with E-state index >= 15 is 19.2 Å². The number of carboxylic acids is 2. The van der Waals surface area contributed by atoms with Crippen LogP contribution in [0.3, 0.4) is 0 Å². The lowest BCUT2D eigenvalue weighted by Crippen LogP contribution is -2.61. The number of amides is 16. The van der Waals surface area contributed by atoms with Gasteiger partial charge in [-0.2, -0.15) is 0 Å². The zero-order valence-electron chi connectivity index (χ0n) is 78.3. The van der Waals surface area contributed by atoms with Gasteiger partial charge in [-0.05, 0) is 81.2 Å². The number of imidazole rings is 1. The van der Waals surface area contributed by atoms with Crippen molar-refractivity contribution in [1.82, 2.24) is 94.0 Å². The maximum atomic E-state index is 15.6. The number of nitrogens with zero attached hydrogens (tertiary/aromatic N) is 2. The minimum absolute atomic E-state index is 0.00809. The smallest absolute Gasteiger partial charge is 0.325 e. The van der Waals surface area contributed by atoms with Gasteiger partial charge in [-0.25, -0.2) is 9.78 Å². The van der Waals surface area contributed by atoms with Crippen LogP contribution in [0.25, 0.3) is 21.8 Å². The first-order valence-corrected chi connectivity index (χ1v) is 47.7. The van der Waals surface area contributed by atoms with Crippen LogP contribution in [0, 0.1) is 11.8 Å². The number of nitrogens with two attached hydrogens (primary N) is 2. The van der Waals surface area contributed by atoms with E-state index in [9.17, 15) is 77.6 Å². The highest BCUT2D eigenvalue weighted by Crippen LogP contribution is 2.27. The van der Waals surface area contributed by atoms with E-state index < -0.39 is 229 Å². The summed E-state index contributed by atoms with van der Waals surface area (Å²) in [6, 6.07) is -6.51. The minimum Gasteiger partial charge on any atom is -0.481 e. The second kappa shape index (κ2) is 62.8. The molecule has 1 aliphatic heterocycles. The molecule has 0 aliphatic carbocycles. The fourth-order valence-electron chi connectivity index (χ4n) is 13.6. The number of H-pyrrole nitrogens is 3. The number of imide groups is 1. The number of fused-ring (bicyclic) bond motifs is 2. The topological polar surface area (TPSA) is 697 Å². The number of rotatable bonds is 51. The second-order valence-electron chi connectivity index (χ2n) is 32.8. The zero-order chi connectivity index (χ0) is 101. The summed E-state index contributed by atoms with van der Waals surface area (Å²) in [7, 11) is 1.43. The highest BCUT2D eigenvalue weighted by molar-refractivity contribution is 8.76. The van der Waals surface area contributed by atoms with Gasteiger partial charge in [-0.3, -0.25) is 81.6 Å². The summed E-state index contributed by atoms with van der Waals surface area (Å²) in [4.78, 5) is 254. The Morgan fingerprint density at radius 2 is 1.07 bits per heavy atom. The molecule has 12 atom stereocenters. The first-order valence-electron chi connectivity index (χ1n) is 45.2.